The zero-order valence-corrected chi connectivity index (χ0v) is 16.2. The van der Waals surface area contributed by atoms with E-state index in [9.17, 15) is 10.1 Å². The summed E-state index contributed by atoms with van der Waals surface area (Å²) in [4.78, 5) is 15.8. The van der Waals surface area contributed by atoms with Crippen molar-refractivity contribution in [1.82, 2.24) is 9.80 Å². The van der Waals surface area contributed by atoms with Gasteiger partial charge in [-0.25, -0.2) is 0 Å². The second kappa shape index (κ2) is 6.87. The first-order chi connectivity index (χ1) is 10.6. The Morgan fingerprint density at radius 3 is 2.52 bits per heavy atom. The van der Waals surface area contributed by atoms with Crippen LogP contribution in [0.5, 0.6) is 0 Å². The third-order valence-corrected chi connectivity index (χ3v) is 5.07. The molecule has 1 fully saturated rings. The standard InChI is InChI=1S/C17H26BrN3O2/c1-12-10-19(6-7-20(12)17(3,4)5)11-14-8-15(18)9-16(13(14)2)21(22)23/h8-9,12H,6-7,10-11H2,1-5H3/t12-/m0/s1. The average Bonchev–Trinajstić information content (AvgIpc) is 2.40. The van der Waals surface area contributed by atoms with Crippen molar-refractivity contribution < 1.29 is 4.92 Å². The Bertz CT molecular complexity index is 598. The van der Waals surface area contributed by atoms with Gasteiger partial charge < -0.3 is 0 Å². The van der Waals surface area contributed by atoms with Gasteiger partial charge in [-0.2, -0.15) is 0 Å². The summed E-state index contributed by atoms with van der Waals surface area (Å²) < 4.78 is 0.770. The van der Waals surface area contributed by atoms with E-state index in [-0.39, 0.29) is 16.1 Å². The van der Waals surface area contributed by atoms with Crippen molar-refractivity contribution in [3.63, 3.8) is 0 Å². The van der Waals surface area contributed by atoms with E-state index >= 15 is 0 Å². The van der Waals surface area contributed by atoms with Crippen LogP contribution in [0, 0.1) is 17.0 Å². The highest BCUT2D eigenvalue weighted by molar-refractivity contribution is 9.10. The van der Waals surface area contributed by atoms with E-state index in [1.165, 1.54) is 0 Å². The van der Waals surface area contributed by atoms with Crippen LogP contribution in [0.1, 0.15) is 38.8 Å². The molecule has 1 aliphatic heterocycles. The van der Waals surface area contributed by atoms with Crippen LogP contribution in [-0.4, -0.2) is 45.9 Å². The van der Waals surface area contributed by atoms with E-state index in [1.807, 2.05) is 13.0 Å². The number of piperazine rings is 1. The number of nitrogens with zero attached hydrogens (tertiary/aromatic N) is 3. The number of rotatable bonds is 3. The molecule has 0 amide bonds. The Labute approximate surface area is 146 Å². The molecule has 1 aliphatic rings. The summed E-state index contributed by atoms with van der Waals surface area (Å²) >= 11 is 3.40. The molecule has 0 bridgehead atoms. The number of halogens is 1. The first-order valence-corrected chi connectivity index (χ1v) is 8.81. The number of nitro benzene ring substituents is 1. The highest BCUT2D eigenvalue weighted by Crippen LogP contribution is 2.29. The van der Waals surface area contributed by atoms with E-state index < -0.39 is 0 Å². The molecule has 5 nitrogen and oxygen atoms in total. The van der Waals surface area contributed by atoms with Gasteiger partial charge >= 0.3 is 0 Å². The molecule has 1 saturated heterocycles. The highest BCUT2D eigenvalue weighted by atomic mass is 79.9. The molecule has 1 heterocycles. The van der Waals surface area contributed by atoms with Crippen molar-refractivity contribution in [2.45, 2.75) is 52.7 Å². The molecule has 0 unspecified atom stereocenters. The fourth-order valence-electron chi connectivity index (χ4n) is 3.49. The minimum absolute atomic E-state index is 0.177. The van der Waals surface area contributed by atoms with Crippen molar-refractivity contribution >= 4 is 21.6 Å². The van der Waals surface area contributed by atoms with Gasteiger partial charge in [0, 0.05) is 53.9 Å². The van der Waals surface area contributed by atoms with Crippen molar-refractivity contribution in [2.24, 2.45) is 0 Å². The van der Waals surface area contributed by atoms with Crippen LogP contribution in [0.25, 0.3) is 0 Å². The molecular formula is C17H26BrN3O2. The predicted molar refractivity (Wildman–Crippen MR) is 96.7 cm³/mol. The zero-order valence-electron chi connectivity index (χ0n) is 14.6. The summed E-state index contributed by atoms with van der Waals surface area (Å²) in [6.45, 7) is 14.6. The van der Waals surface area contributed by atoms with E-state index in [0.717, 1.165) is 41.8 Å². The third kappa shape index (κ3) is 4.31. The molecule has 128 valence electrons. The Hall–Kier alpha value is -0.980. The van der Waals surface area contributed by atoms with E-state index in [4.69, 9.17) is 0 Å². The SMILES string of the molecule is Cc1c(CN2CCN(C(C)(C)C)[C@@H](C)C2)cc(Br)cc1[N+](=O)[O-]. The Morgan fingerprint density at radius 2 is 2.00 bits per heavy atom. The van der Waals surface area contributed by atoms with E-state index in [2.05, 4.69) is 53.4 Å². The summed E-state index contributed by atoms with van der Waals surface area (Å²) in [5, 5.41) is 11.2. The van der Waals surface area contributed by atoms with E-state index in [1.54, 1.807) is 6.07 Å². The van der Waals surface area contributed by atoms with Crippen LogP contribution >= 0.6 is 15.9 Å². The van der Waals surface area contributed by atoms with Crippen molar-refractivity contribution in [2.75, 3.05) is 19.6 Å². The van der Waals surface area contributed by atoms with Crippen LogP contribution in [0.3, 0.4) is 0 Å². The summed E-state index contributed by atoms with van der Waals surface area (Å²) in [6.07, 6.45) is 0. The van der Waals surface area contributed by atoms with Gasteiger partial charge in [0.25, 0.3) is 5.69 Å². The monoisotopic (exact) mass is 383 g/mol. The molecule has 2 rings (SSSR count). The zero-order chi connectivity index (χ0) is 17.4. The maximum absolute atomic E-state index is 11.2. The lowest BCUT2D eigenvalue weighted by molar-refractivity contribution is -0.385. The van der Waals surface area contributed by atoms with Gasteiger partial charge in [0.1, 0.15) is 0 Å². The minimum Gasteiger partial charge on any atom is -0.296 e. The quantitative estimate of drug-likeness (QED) is 0.585. The largest absolute Gasteiger partial charge is 0.296 e. The third-order valence-electron chi connectivity index (χ3n) is 4.62. The highest BCUT2D eigenvalue weighted by Gasteiger charge is 2.31. The normalized spacial score (nSPS) is 20.7. The summed E-state index contributed by atoms with van der Waals surface area (Å²) in [5.41, 5.74) is 2.16. The molecular weight excluding hydrogens is 358 g/mol. The molecule has 0 radical (unpaired) electrons. The van der Waals surface area contributed by atoms with Gasteiger partial charge in [-0.3, -0.25) is 19.9 Å². The van der Waals surface area contributed by atoms with Gasteiger partial charge in [0.15, 0.2) is 0 Å². The summed E-state index contributed by atoms with van der Waals surface area (Å²) in [7, 11) is 0. The maximum atomic E-state index is 11.2. The lowest BCUT2D eigenvalue weighted by Crippen LogP contribution is -2.57. The van der Waals surface area contributed by atoms with Crippen molar-refractivity contribution in [1.29, 1.82) is 0 Å². The summed E-state index contributed by atoms with van der Waals surface area (Å²) in [5.74, 6) is 0. The van der Waals surface area contributed by atoms with Crippen LogP contribution < -0.4 is 0 Å². The molecule has 0 aliphatic carbocycles. The van der Waals surface area contributed by atoms with Gasteiger partial charge in [0.2, 0.25) is 0 Å². The molecule has 6 heteroatoms. The maximum Gasteiger partial charge on any atom is 0.273 e. The number of benzene rings is 1. The van der Waals surface area contributed by atoms with Crippen LogP contribution in [0.15, 0.2) is 16.6 Å². The predicted octanol–water partition coefficient (Wildman–Crippen LogP) is 3.97. The molecule has 1 aromatic carbocycles. The van der Waals surface area contributed by atoms with Gasteiger partial charge in [-0.05, 0) is 46.2 Å². The van der Waals surface area contributed by atoms with Gasteiger partial charge in [-0.15, -0.1) is 0 Å². The first-order valence-electron chi connectivity index (χ1n) is 8.02. The molecule has 1 aromatic rings. The van der Waals surface area contributed by atoms with Gasteiger partial charge in [-0.1, -0.05) is 15.9 Å². The van der Waals surface area contributed by atoms with Gasteiger partial charge in [0.05, 0.1) is 4.92 Å². The molecule has 0 N–H and O–H groups in total. The van der Waals surface area contributed by atoms with E-state index in [0.29, 0.717) is 6.04 Å². The Kier molecular flexibility index (Phi) is 5.48. The van der Waals surface area contributed by atoms with Crippen molar-refractivity contribution in [3.8, 4) is 0 Å². The molecule has 0 spiro atoms. The minimum atomic E-state index is -0.302. The fourth-order valence-corrected chi connectivity index (χ4v) is 3.98. The Morgan fingerprint density at radius 1 is 1.35 bits per heavy atom. The second-order valence-electron chi connectivity index (χ2n) is 7.41. The topological polar surface area (TPSA) is 49.6 Å². The first kappa shape index (κ1) is 18.4. The number of hydrogen-bond donors (Lipinski definition) is 0. The second-order valence-corrected chi connectivity index (χ2v) is 8.33. The smallest absolute Gasteiger partial charge is 0.273 e. The number of hydrogen-bond acceptors (Lipinski definition) is 4. The molecule has 23 heavy (non-hydrogen) atoms. The lowest BCUT2D eigenvalue weighted by atomic mass is 10.00. The Balaban J connectivity index is 2.14. The van der Waals surface area contributed by atoms with Crippen molar-refractivity contribution in [3.05, 3.63) is 37.8 Å². The molecule has 0 saturated carbocycles. The van der Waals surface area contributed by atoms with Crippen LogP contribution in [-0.2, 0) is 6.54 Å². The molecule has 1 atom stereocenters. The van der Waals surface area contributed by atoms with Crippen LogP contribution in [0.4, 0.5) is 5.69 Å². The average molecular weight is 384 g/mol. The summed E-state index contributed by atoms with van der Waals surface area (Å²) in [6, 6.07) is 4.06. The molecule has 0 aromatic heterocycles. The number of nitro groups is 1. The lowest BCUT2D eigenvalue weighted by Gasteiger charge is -2.47. The fraction of sp³-hybridized carbons (Fsp3) is 0.647. The van der Waals surface area contributed by atoms with Crippen LogP contribution in [0.2, 0.25) is 0 Å².